The minimum absolute atomic E-state index is 0. The van der Waals surface area contributed by atoms with E-state index in [4.69, 9.17) is 31.6 Å². The quantitative estimate of drug-likeness (QED) is 0.573. The predicted octanol–water partition coefficient (Wildman–Crippen LogP) is 0.819. The molecule has 0 atom stereocenters. The Morgan fingerprint density at radius 1 is 0.471 bits per heavy atom. The van der Waals surface area contributed by atoms with Crippen molar-refractivity contribution in [3.63, 3.8) is 0 Å². The third kappa shape index (κ3) is 11200. The van der Waals surface area contributed by atoms with Crippen molar-refractivity contribution in [2.75, 3.05) is 0 Å². The van der Waals surface area contributed by atoms with Gasteiger partial charge in [0, 0.05) is 90.6 Å². The van der Waals surface area contributed by atoms with Gasteiger partial charge >= 0.3 is 29.6 Å². The average molecular weight is 377 g/mol. The first-order valence-corrected chi connectivity index (χ1v) is 1.55. The van der Waals surface area contributed by atoms with Crippen LogP contribution in [0.25, 0.3) is 0 Å². The van der Waals surface area contributed by atoms with Gasteiger partial charge in [0.05, 0.1) is 0 Å². The van der Waals surface area contributed by atoms with E-state index in [0.717, 1.165) is 0 Å². The molecule has 0 saturated heterocycles. The Kier molecular flexibility index (Phi) is 99900. The molecule has 0 saturated carbocycles. The zero-order valence-corrected chi connectivity index (χ0v) is 10.4. The van der Waals surface area contributed by atoms with Crippen molar-refractivity contribution in [2.45, 2.75) is 7.43 Å². The van der Waals surface area contributed by atoms with Gasteiger partial charge in [0.1, 0.15) is 0 Å². The van der Waals surface area contributed by atoms with Gasteiger partial charge in [-0.1, -0.05) is 7.43 Å². The fourth-order valence-corrected chi connectivity index (χ4v) is 0. The summed E-state index contributed by atoms with van der Waals surface area (Å²) in [6, 6.07) is 0. The van der Waals surface area contributed by atoms with E-state index in [2.05, 4.69) is 39.4 Å². The molecule has 10 heteroatoms. The predicted molar refractivity (Wildman–Crippen MR) is 53.9 cm³/mol. The molecule has 6 nitrogen and oxygen atoms in total. The number of nitriles is 6. The third-order valence-electron chi connectivity index (χ3n) is 0. The Bertz CT molecular complexity index is 109. The summed E-state index contributed by atoms with van der Waals surface area (Å²) in [5.74, 6) is 0. The molecule has 0 aromatic heterocycles. The second kappa shape index (κ2) is 13000. The SMILES string of the molecule is C.C#N.C#N.C#N.C#N.C#N.C#N.[Cu].[Fe].[Mn].[NaH]. The summed E-state index contributed by atoms with van der Waals surface area (Å²) in [6.07, 6.45) is 0. The van der Waals surface area contributed by atoms with Crippen LogP contribution in [0.1, 0.15) is 7.43 Å². The summed E-state index contributed by atoms with van der Waals surface area (Å²) >= 11 is 0. The second-order valence-corrected chi connectivity index (χ2v) is 0. The molecule has 0 unspecified atom stereocenters. The summed E-state index contributed by atoms with van der Waals surface area (Å²) in [4.78, 5) is 0. The van der Waals surface area contributed by atoms with Crippen molar-refractivity contribution >= 4 is 29.6 Å². The molecular weight excluding hydrogens is 365 g/mol. The molecule has 2 radical (unpaired) electrons. The number of rotatable bonds is 0. The van der Waals surface area contributed by atoms with Gasteiger partial charge in [0.25, 0.3) is 0 Å². The molecule has 0 aromatic carbocycles. The first kappa shape index (κ1) is 131. The Hall–Kier alpha value is -0.502. The maximum absolute atomic E-state index is 6.50. The van der Waals surface area contributed by atoms with E-state index in [-0.39, 0.29) is 88.2 Å². The molecule has 0 N–H and O–H groups in total. The topological polar surface area (TPSA) is 143 Å². The first-order chi connectivity index (χ1) is 6.00. The van der Waals surface area contributed by atoms with Crippen LogP contribution in [-0.2, 0) is 51.2 Å². The van der Waals surface area contributed by atoms with E-state index < -0.39 is 0 Å². The van der Waals surface area contributed by atoms with Crippen LogP contribution in [-0.4, -0.2) is 29.6 Å². The Balaban J connectivity index is -0.00000000267. The normalized spacial score (nSPS) is 0.706. The summed E-state index contributed by atoms with van der Waals surface area (Å²) in [7, 11) is 0. The zero-order valence-electron chi connectivity index (χ0n) is 7.18. The molecule has 0 fully saturated rings. The van der Waals surface area contributed by atoms with E-state index >= 15 is 0 Å². The van der Waals surface area contributed by atoms with E-state index in [0.29, 0.717) is 0 Å². The van der Waals surface area contributed by atoms with Crippen molar-refractivity contribution in [1.29, 1.82) is 31.6 Å². The van der Waals surface area contributed by atoms with Gasteiger partial charge in [-0.25, -0.2) is 31.6 Å². The van der Waals surface area contributed by atoms with Crippen molar-refractivity contribution in [2.24, 2.45) is 0 Å². The summed E-state index contributed by atoms with van der Waals surface area (Å²) in [6.45, 7) is 21.0. The monoisotopic (exact) mass is 376 g/mol. The van der Waals surface area contributed by atoms with E-state index in [1.165, 1.54) is 0 Å². The van der Waals surface area contributed by atoms with Crippen LogP contribution in [0.3, 0.4) is 0 Å². The molecule has 96 valence electrons. The number of hydrogen-bond donors (Lipinski definition) is 0. The Morgan fingerprint density at radius 2 is 0.471 bits per heavy atom. The van der Waals surface area contributed by atoms with Gasteiger partial charge < -0.3 is 0 Å². The Morgan fingerprint density at radius 3 is 0.471 bits per heavy atom. The minimum atomic E-state index is 0. The molecule has 0 amide bonds. The molecule has 0 spiro atoms. The first-order valence-electron chi connectivity index (χ1n) is 1.55. The van der Waals surface area contributed by atoms with Crippen LogP contribution in [0.2, 0.25) is 0 Å². The summed E-state index contributed by atoms with van der Waals surface area (Å²) in [5.41, 5.74) is 0. The molecule has 0 bridgehead atoms. The standard InChI is InChI=1S/6CHN.CH4.Cu.Fe.Mn.Na.H/c6*1-2;;;;;;/h6*1H;1H4;;;;;. The van der Waals surface area contributed by atoms with Crippen LogP contribution in [0, 0.1) is 71.0 Å². The van der Waals surface area contributed by atoms with Crippen molar-refractivity contribution in [3.8, 4) is 39.4 Å². The fourth-order valence-electron chi connectivity index (χ4n) is 0. The van der Waals surface area contributed by atoms with Gasteiger partial charge in [0.15, 0.2) is 0 Å². The molecular formula is C7H11CuFeMnN6Na. The van der Waals surface area contributed by atoms with Crippen LogP contribution < -0.4 is 0 Å². The van der Waals surface area contributed by atoms with E-state index in [1.807, 2.05) is 0 Å². The summed E-state index contributed by atoms with van der Waals surface area (Å²) < 4.78 is 0. The molecule has 0 aliphatic carbocycles. The molecule has 0 aliphatic rings. The van der Waals surface area contributed by atoms with E-state index in [9.17, 15) is 0 Å². The molecule has 0 heterocycles. The van der Waals surface area contributed by atoms with Crippen LogP contribution in [0.5, 0.6) is 0 Å². The van der Waals surface area contributed by atoms with Crippen molar-refractivity contribution in [1.82, 2.24) is 0 Å². The molecule has 17 heavy (non-hydrogen) atoms. The maximum atomic E-state index is 6.50. The molecule has 0 aliphatic heterocycles. The van der Waals surface area contributed by atoms with Crippen molar-refractivity contribution < 1.29 is 51.2 Å². The third-order valence-corrected chi connectivity index (χ3v) is 0. The molecule has 0 rings (SSSR count). The fraction of sp³-hybridized carbons (Fsp3) is 0.143. The number of nitrogens with zero attached hydrogens (tertiary/aromatic N) is 6. The molecule has 0 aromatic rings. The number of hydrogen-bond acceptors (Lipinski definition) is 6. The van der Waals surface area contributed by atoms with Crippen LogP contribution in [0.4, 0.5) is 0 Å². The van der Waals surface area contributed by atoms with Crippen LogP contribution in [0.15, 0.2) is 0 Å². The van der Waals surface area contributed by atoms with Gasteiger partial charge in [-0.15, -0.1) is 0 Å². The van der Waals surface area contributed by atoms with Gasteiger partial charge in [-0.05, 0) is 0 Å². The van der Waals surface area contributed by atoms with Gasteiger partial charge in [0.2, 0.25) is 0 Å². The van der Waals surface area contributed by atoms with Gasteiger partial charge in [-0.3, -0.25) is 0 Å². The second-order valence-electron chi connectivity index (χ2n) is 0. The average Bonchev–Trinajstić information content (AvgIpc) is 2.33. The van der Waals surface area contributed by atoms with Crippen molar-refractivity contribution in [3.05, 3.63) is 0 Å². The zero-order chi connectivity index (χ0) is 12.0. The van der Waals surface area contributed by atoms with Crippen LogP contribution >= 0.6 is 0 Å². The summed E-state index contributed by atoms with van der Waals surface area (Å²) in [5, 5.41) is 39.0. The van der Waals surface area contributed by atoms with E-state index in [1.54, 1.807) is 0 Å². The van der Waals surface area contributed by atoms with Gasteiger partial charge in [-0.2, -0.15) is 0 Å². The Labute approximate surface area is 158 Å².